The Kier molecular flexibility index (Phi) is 7.97. The lowest BCUT2D eigenvalue weighted by Crippen LogP contribution is -2.53. The van der Waals surface area contributed by atoms with Crippen molar-refractivity contribution in [1.29, 1.82) is 5.26 Å². The van der Waals surface area contributed by atoms with E-state index in [0.29, 0.717) is 62.0 Å². The van der Waals surface area contributed by atoms with E-state index in [2.05, 4.69) is 11.4 Å². The number of carbonyl (C=O) groups is 3. The van der Waals surface area contributed by atoms with Crippen LogP contribution >= 0.6 is 0 Å². The van der Waals surface area contributed by atoms with Crippen LogP contribution < -0.4 is 5.32 Å². The van der Waals surface area contributed by atoms with Crippen LogP contribution in [0.25, 0.3) is 0 Å². The summed E-state index contributed by atoms with van der Waals surface area (Å²) in [6.07, 6.45) is 1.74. The Morgan fingerprint density at radius 2 is 1.51 bits per heavy atom. The first-order valence-electron chi connectivity index (χ1n) is 12.7. The molecule has 2 fully saturated rings. The van der Waals surface area contributed by atoms with Gasteiger partial charge >= 0.3 is 12.1 Å². The molecule has 37 heavy (non-hydrogen) atoms. The zero-order valence-corrected chi connectivity index (χ0v) is 21.7. The smallest absolute Gasteiger partial charge is 0.321 e. The highest BCUT2D eigenvalue weighted by Gasteiger charge is 2.27. The molecule has 0 unspecified atom stereocenters. The third kappa shape index (κ3) is 6.02. The summed E-state index contributed by atoms with van der Waals surface area (Å²) >= 11 is 0. The summed E-state index contributed by atoms with van der Waals surface area (Å²) in [6, 6.07) is 15.0. The molecule has 0 spiro atoms. The number of piperidine rings is 1. The number of aryl methyl sites for hydroxylation is 1. The minimum atomic E-state index is -0.229. The molecule has 0 saturated carbocycles. The fourth-order valence-corrected chi connectivity index (χ4v) is 4.90. The quantitative estimate of drug-likeness (QED) is 0.691. The van der Waals surface area contributed by atoms with Gasteiger partial charge < -0.3 is 24.9 Å². The molecule has 0 aliphatic carbocycles. The van der Waals surface area contributed by atoms with Gasteiger partial charge in [0.2, 0.25) is 0 Å². The summed E-state index contributed by atoms with van der Waals surface area (Å²) in [7, 11) is 3.44. The van der Waals surface area contributed by atoms with E-state index >= 15 is 0 Å². The van der Waals surface area contributed by atoms with E-state index < -0.39 is 0 Å². The lowest BCUT2D eigenvalue weighted by atomic mass is 9.89. The van der Waals surface area contributed by atoms with Crippen molar-refractivity contribution < 1.29 is 14.4 Å². The average Bonchev–Trinajstić information content (AvgIpc) is 2.93. The normalized spacial score (nSPS) is 16.2. The number of nitrogens with zero attached hydrogens (tertiary/aromatic N) is 5. The van der Waals surface area contributed by atoms with E-state index in [0.717, 1.165) is 18.4 Å². The maximum atomic E-state index is 13.3. The largest absolute Gasteiger partial charge is 0.339 e. The molecule has 0 bridgehead atoms. The first-order chi connectivity index (χ1) is 17.8. The van der Waals surface area contributed by atoms with Crippen molar-refractivity contribution in [1.82, 2.24) is 19.6 Å². The number of benzene rings is 2. The highest BCUT2D eigenvalue weighted by molar-refractivity contribution is 5.97. The van der Waals surface area contributed by atoms with Gasteiger partial charge in [0.25, 0.3) is 5.91 Å². The second-order valence-electron chi connectivity index (χ2n) is 9.91. The van der Waals surface area contributed by atoms with E-state index in [4.69, 9.17) is 5.26 Å². The fraction of sp³-hybridized carbons (Fsp3) is 0.429. The predicted octanol–water partition coefficient (Wildman–Crippen LogP) is 3.72. The van der Waals surface area contributed by atoms with Crippen LogP contribution in [0.4, 0.5) is 15.3 Å². The van der Waals surface area contributed by atoms with Crippen LogP contribution in [0.1, 0.15) is 45.8 Å². The van der Waals surface area contributed by atoms with Crippen molar-refractivity contribution in [2.24, 2.45) is 0 Å². The fourth-order valence-electron chi connectivity index (χ4n) is 4.90. The Balaban J connectivity index is 1.34. The van der Waals surface area contributed by atoms with Crippen LogP contribution in [0.3, 0.4) is 0 Å². The number of hydrogen-bond donors (Lipinski definition) is 1. The van der Waals surface area contributed by atoms with Crippen molar-refractivity contribution in [3.8, 4) is 6.07 Å². The van der Waals surface area contributed by atoms with Gasteiger partial charge in [-0.3, -0.25) is 4.79 Å². The Morgan fingerprint density at radius 1 is 0.892 bits per heavy atom. The molecule has 2 aliphatic rings. The first-order valence-corrected chi connectivity index (χ1v) is 12.7. The van der Waals surface area contributed by atoms with Gasteiger partial charge in [0.1, 0.15) is 0 Å². The minimum Gasteiger partial charge on any atom is -0.339 e. The van der Waals surface area contributed by atoms with Gasteiger partial charge in [-0.05, 0) is 61.1 Å². The van der Waals surface area contributed by atoms with Gasteiger partial charge in [-0.1, -0.05) is 18.2 Å². The molecule has 0 radical (unpaired) electrons. The molecular formula is C28H34N6O3. The lowest BCUT2D eigenvalue weighted by Gasteiger charge is -2.36. The van der Waals surface area contributed by atoms with E-state index in [9.17, 15) is 14.4 Å². The van der Waals surface area contributed by atoms with Crippen LogP contribution in [0.5, 0.6) is 0 Å². The third-order valence-corrected chi connectivity index (χ3v) is 7.24. The standard InChI is InChI=1S/C28H34N6O3/c1-20-4-7-24(18-25(20)30-27(36)33-14-16-34(17-15-33)28(37)31(2)3)26(35)32-12-10-23(11-13-32)22-8-5-21(19-29)6-9-22/h4-9,18,23H,10-17H2,1-3H3,(H,30,36). The van der Waals surface area contributed by atoms with Gasteiger partial charge in [0, 0.05) is 64.6 Å². The Morgan fingerprint density at radius 3 is 2.11 bits per heavy atom. The molecule has 0 atom stereocenters. The SMILES string of the molecule is Cc1ccc(C(=O)N2CCC(c3ccc(C#N)cc3)CC2)cc1NC(=O)N1CCN(C(=O)N(C)C)CC1. The number of carbonyl (C=O) groups excluding carboxylic acids is 3. The summed E-state index contributed by atoms with van der Waals surface area (Å²) < 4.78 is 0. The van der Waals surface area contributed by atoms with Crippen LogP contribution in [0.15, 0.2) is 42.5 Å². The number of likely N-dealkylation sites (tertiary alicyclic amines) is 1. The number of urea groups is 2. The molecule has 0 aromatic heterocycles. The predicted molar refractivity (Wildman–Crippen MR) is 141 cm³/mol. The number of nitriles is 1. The number of anilines is 1. The molecule has 9 nitrogen and oxygen atoms in total. The molecular weight excluding hydrogens is 468 g/mol. The number of amides is 5. The molecule has 2 aliphatic heterocycles. The van der Waals surface area contributed by atoms with E-state index in [1.54, 1.807) is 30.0 Å². The monoisotopic (exact) mass is 502 g/mol. The molecule has 2 heterocycles. The highest BCUT2D eigenvalue weighted by atomic mass is 16.2. The van der Waals surface area contributed by atoms with Crippen molar-refractivity contribution in [3.63, 3.8) is 0 Å². The topological polar surface area (TPSA) is 100.0 Å². The molecule has 5 amide bonds. The van der Waals surface area contributed by atoms with Gasteiger partial charge in [-0.15, -0.1) is 0 Å². The molecule has 2 aromatic carbocycles. The van der Waals surface area contributed by atoms with Gasteiger partial charge in [-0.25, -0.2) is 9.59 Å². The van der Waals surface area contributed by atoms with Crippen molar-refractivity contribution >= 4 is 23.7 Å². The molecule has 1 N–H and O–H groups in total. The summed E-state index contributed by atoms with van der Waals surface area (Å²) in [4.78, 5) is 45.2. The summed E-state index contributed by atoms with van der Waals surface area (Å²) in [5.74, 6) is 0.336. The van der Waals surface area contributed by atoms with Crippen LogP contribution in [0, 0.1) is 18.3 Å². The van der Waals surface area contributed by atoms with Gasteiger partial charge in [0.05, 0.1) is 11.6 Å². The molecule has 4 rings (SSSR count). The Labute approximate surface area is 218 Å². The van der Waals surface area contributed by atoms with Crippen LogP contribution in [-0.4, -0.2) is 90.9 Å². The number of piperazine rings is 1. The second kappa shape index (κ2) is 11.3. The molecule has 194 valence electrons. The summed E-state index contributed by atoms with van der Waals surface area (Å²) in [5.41, 5.74) is 3.92. The second-order valence-corrected chi connectivity index (χ2v) is 9.91. The zero-order chi connectivity index (χ0) is 26.5. The number of hydrogen-bond acceptors (Lipinski definition) is 4. The molecule has 2 aromatic rings. The first kappa shape index (κ1) is 26.0. The molecule has 2 saturated heterocycles. The Hall–Kier alpha value is -4.06. The maximum absolute atomic E-state index is 13.3. The summed E-state index contributed by atoms with van der Waals surface area (Å²) in [5, 5.41) is 12.0. The van der Waals surface area contributed by atoms with Crippen molar-refractivity contribution in [3.05, 3.63) is 64.7 Å². The zero-order valence-electron chi connectivity index (χ0n) is 21.7. The van der Waals surface area contributed by atoms with E-state index in [1.165, 1.54) is 10.5 Å². The lowest BCUT2D eigenvalue weighted by molar-refractivity contribution is 0.0713. The third-order valence-electron chi connectivity index (χ3n) is 7.24. The van der Waals surface area contributed by atoms with Gasteiger partial charge in [-0.2, -0.15) is 5.26 Å². The van der Waals surface area contributed by atoms with Crippen LogP contribution in [0.2, 0.25) is 0 Å². The minimum absolute atomic E-state index is 0.0374. The maximum Gasteiger partial charge on any atom is 0.321 e. The van der Waals surface area contributed by atoms with E-state index in [1.807, 2.05) is 48.2 Å². The van der Waals surface area contributed by atoms with Crippen molar-refractivity contribution in [2.75, 3.05) is 58.7 Å². The number of nitrogens with one attached hydrogen (secondary N) is 1. The molecule has 9 heteroatoms. The van der Waals surface area contributed by atoms with Crippen molar-refractivity contribution in [2.45, 2.75) is 25.7 Å². The van der Waals surface area contributed by atoms with Gasteiger partial charge in [0.15, 0.2) is 0 Å². The highest BCUT2D eigenvalue weighted by Crippen LogP contribution is 2.29. The summed E-state index contributed by atoms with van der Waals surface area (Å²) in [6.45, 7) is 5.11. The number of rotatable bonds is 3. The average molecular weight is 503 g/mol. The Bertz CT molecular complexity index is 1190. The van der Waals surface area contributed by atoms with Crippen LogP contribution in [-0.2, 0) is 0 Å². The van der Waals surface area contributed by atoms with E-state index in [-0.39, 0.29) is 18.0 Å².